The molecule has 20 heavy (non-hydrogen) atoms. The van der Waals surface area contributed by atoms with E-state index >= 15 is 0 Å². The molecule has 0 aliphatic carbocycles. The zero-order chi connectivity index (χ0) is 14.6. The summed E-state index contributed by atoms with van der Waals surface area (Å²) < 4.78 is 4.39. The molecule has 0 bridgehead atoms. The number of nitrogens with zero attached hydrogens (tertiary/aromatic N) is 4. The van der Waals surface area contributed by atoms with Gasteiger partial charge in [0.2, 0.25) is 0 Å². The lowest BCUT2D eigenvalue weighted by Crippen LogP contribution is -2.36. The Labute approximate surface area is 121 Å². The first-order chi connectivity index (χ1) is 9.49. The lowest BCUT2D eigenvalue weighted by molar-refractivity contribution is 0.412. The maximum atomic E-state index is 4.45. The van der Waals surface area contributed by atoms with Gasteiger partial charge < -0.3 is 14.5 Å². The molecule has 0 fully saturated rings. The van der Waals surface area contributed by atoms with Crippen LogP contribution in [0.25, 0.3) is 0 Å². The molecule has 5 nitrogen and oxygen atoms in total. The van der Waals surface area contributed by atoms with E-state index in [0.717, 1.165) is 31.9 Å². The number of hydrogen-bond donors (Lipinski definition) is 1. The largest absolute Gasteiger partial charge is 0.333 e. The summed E-state index contributed by atoms with van der Waals surface area (Å²) in [6.45, 7) is 11.3. The van der Waals surface area contributed by atoms with E-state index in [0.29, 0.717) is 0 Å². The molecule has 2 rings (SSSR count). The molecule has 0 aromatic carbocycles. The van der Waals surface area contributed by atoms with Crippen molar-refractivity contribution in [1.29, 1.82) is 0 Å². The van der Waals surface area contributed by atoms with Crippen LogP contribution >= 0.6 is 0 Å². The van der Waals surface area contributed by atoms with Crippen LogP contribution in [0.2, 0.25) is 0 Å². The smallest absolute Gasteiger partial charge is 0.123 e. The molecule has 0 amide bonds. The van der Waals surface area contributed by atoms with Crippen LogP contribution in [-0.2, 0) is 19.6 Å². The predicted octanol–water partition coefficient (Wildman–Crippen LogP) is 2.43. The zero-order valence-corrected chi connectivity index (χ0v) is 12.9. The fourth-order valence-corrected chi connectivity index (χ4v) is 2.09. The minimum atomic E-state index is 0.0980. The average molecular weight is 275 g/mol. The topological polar surface area (TPSA) is 47.7 Å². The van der Waals surface area contributed by atoms with Crippen LogP contribution in [0.4, 0.5) is 0 Å². The third-order valence-corrected chi connectivity index (χ3v) is 3.17. The van der Waals surface area contributed by atoms with Gasteiger partial charge in [-0.2, -0.15) is 0 Å². The summed E-state index contributed by atoms with van der Waals surface area (Å²) in [4.78, 5) is 8.70. The molecule has 1 N–H and O–H groups in total. The SMILES string of the molecule is CCCn1cncc1Cn1ccnc1CNC(C)(C)C. The second-order valence-corrected chi connectivity index (χ2v) is 6.15. The third kappa shape index (κ3) is 3.93. The van der Waals surface area contributed by atoms with Gasteiger partial charge in [-0.15, -0.1) is 0 Å². The number of aromatic nitrogens is 4. The first kappa shape index (κ1) is 14.8. The van der Waals surface area contributed by atoms with Gasteiger partial charge in [0.25, 0.3) is 0 Å². The van der Waals surface area contributed by atoms with Gasteiger partial charge in [-0.3, -0.25) is 0 Å². The van der Waals surface area contributed by atoms with Crippen molar-refractivity contribution in [2.24, 2.45) is 0 Å². The molecular formula is C15H25N5. The summed E-state index contributed by atoms with van der Waals surface area (Å²) in [7, 11) is 0. The molecule has 0 saturated carbocycles. The second-order valence-electron chi connectivity index (χ2n) is 6.15. The zero-order valence-electron chi connectivity index (χ0n) is 12.9. The third-order valence-electron chi connectivity index (χ3n) is 3.17. The summed E-state index contributed by atoms with van der Waals surface area (Å²) in [5, 5.41) is 3.48. The fraction of sp³-hybridized carbons (Fsp3) is 0.600. The van der Waals surface area contributed by atoms with Crippen molar-refractivity contribution in [2.75, 3.05) is 0 Å². The molecule has 2 heterocycles. The minimum absolute atomic E-state index is 0.0980. The molecule has 0 atom stereocenters. The predicted molar refractivity (Wildman–Crippen MR) is 80.4 cm³/mol. The van der Waals surface area contributed by atoms with E-state index in [1.165, 1.54) is 5.69 Å². The van der Waals surface area contributed by atoms with Gasteiger partial charge in [0.15, 0.2) is 0 Å². The van der Waals surface area contributed by atoms with E-state index in [1.807, 2.05) is 24.9 Å². The van der Waals surface area contributed by atoms with Gasteiger partial charge in [0.1, 0.15) is 5.82 Å². The average Bonchev–Trinajstić information content (AvgIpc) is 2.97. The van der Waals surface area contributed by atoms with Gasteiger partial charge in [-0.25, -0.2) is 9.97 Å². The number of nitrogens with one attached hydrogen (secondary N) is 1. The van der Waals surface area contributed by atoms with E-state index in [2.05, 4.69) is 52.1 Å². The first-order valence-corrected chi connectivity index (χ1v) is 7.23. The van der Waals surface area contributed by atoms with Crippen LogP contribution in [0.15, 0.2) is 24.9 Å². The van der Waals surface area contributed by atoms with Gasteiger partial charge in [0.05, 0.1) is 25.1 Å². The Bertz CT molecular complexity index is 532. The molecule has 0 saturated heterocycles. The van der Waals surface area contributed by atoms with E-state index in [1.54, 1.807) is 0 Å². The van der Waals surface area contributed by atoms with E-state index in [-0.39, 0.29) is 5.54 Å². The highest BCUT2D eigenvalue weighted by atomic mass is 15.1. The highest BCUT2D eigenvalue weighted by molar-refractivity contribution is 5.03. The highest BCUT2D eigenvalue weighted by Crippen LogP contribution is 2.08. The van der Waals surface area contributed by atoms with Gasteiger partial charge in [0, 0.05) is 30.7 Å². The minimum Gasteiger partial charge on any atom is -0.333 e. The van der Waals surface area contributed by atoms with E-state index < -0.39 is 0 Å². The quantitative estimate of drug-likeness (QED) is 0.881. The number of rotatable bonds is 6. The standard InChI is InChI=1S/C15H25N5/c1-5-7-20-12-16-9-13(20)11-19-8-6-17-14(19)10-18-15(2,3)4/h6,8-9,12,18H,5,7,10-11H2,1-4H3. The van der Waals surface area contributed by atoms with Crippen molar-refractivity contribution in [3.8, 4) is 0 Å². The first-order valence-electron chi connectivity index (χ1n) is 7.23. The molecule has 0 aliphatic rings. The van der Waals surface area contributed by atoms with Gasteiger partial charge in [-0.05, 0) is 27.2 Å². The Kier molecular flexibility index (Phi) is 4.60. The summed E-state index contributed by atoms with van der Waals surface area (Å²) in [5.41, 5.74) is 1.32. The van der Waals surface area contributed by atoms with Crippen LogP contribution in [-0.4, -0.2) is 24.6 Å². The van der Waals surface area contributed by atoms with Crippen molar-refractivity contribution in [1.82, 2.24) is 24.4 Å². The summed E-state index contributed by atoms with van der Waals surface area (Å²) in [5.74, 6) is 1.06. The molecule has 2 aromatic heterocycles. The highest BCUT2D eigenvalue weighted by Gasteiger charge is 2.12. The number of aryl methyl sites for hydroxylation is 1. The molecule has 0 spiro atoms. The molecule has 0 aliphatic heterocycles. The summed E-state index contributed by atoms with van der Waals surface area (Å²) in [6, 6.07) is 0. The monoisotopic (exact) mass is 275 g/mol. The van der Waals surface area contributed by atoms with Crippen molar-refractivity contribution in [3.63, 3.8) is 0 Å². The van der Waals surface area contributed by atoms with Crippen molar-refractivity contribution >= 4 is 0 Å². The Morgan fingerprint density at radius 3 is 2.75 bits per heavy atom. The van der Waals surface area contributed by atoms with Crippen LogP contribution < -0.4 is 5.32 Å². The fourth-order valence-electron chi connectivity index (χ4n) is 2.09. The molecular weight excluding hydrogens is 250 g/mol. The normalized spacial score (nSPS) is 12.0. The van der Waals surface area contributed by atoms with Crippen molar-refractivity contribution < 1.29 is 0 Å². The van der Waals surface area contributed by atoms with Gasteiger partial charge >= 0.3 is 0 Å². The van der Waals surface area contributed by atoms with Crippen LogP contribution in [0.3, 0.4) is 0 Å². The number of hydrogen-bond acceptors (Lipinski definition) is 3. The Hall–Kier alpha value is -1.62. The maximum Gasteiger partial charge on any atom is 0.123 e. The van der Waals surface area contributed by atoms with E-state index in [9.17, 15) is 0 Å². The number of imidazole rings is 2. The van der Waals surface area contributed by atoms with E-state index in [4.69, 9.17) is 0 Å². The summed E-state index contributed by atoms with van der Waals surface area (Å²) >= 11 is 0. The van der Waals surface area contributed by atoms with Crippen molar-refractivity contribution in [3.05, 3.63) is 36.4 Å². The van der Waals surface area contributed by atoms with Crippen molar-refractivity contribution in [2.45, 2.75) is 59.3 Å². The van der Waals surface area contributed by atoms with Crippen LogP contribution in [0.5, 0.6) is 0 Å². The Morgan fingerprint density at radius 1 is 1.25 bits per heavy atom. The summed E-state index contributed by atoms with van der Waals surface area (Å²) in [6.07, 6.45) is 8.86. The molecule has 5 heteroatoms. The molecule has 0 unspecified atom stereocenters. The maximum absolute atomic E-state index is 4.45. The van der Waals surface area contributed by atoms with Crippen LogP contribution in [0, 0.1) is 0 Å². The lowest BCUT2D eigenvalue weighted by atomic mass is 10.1. The Balaban J connectivity index is 2.06. The van der Waals surface area contributed by atoms with Gasteiger partial charge in [-0.1, -0.05) is 6.92 Å². The lowest BCUT2D eigenvalue weighted by Gasteiger charge is -2.20. The molecule has 110 valence electrons. The molecule has 2 aromatic rings. The Morgan fingerprint density at radius 2 is 2.05 bits per heavy atom. The molecule has 0 radical (unpaired) electrons. The van der Waals surface area contributed by atoms with Crippen LogP contribution in [0.1, 0.15) is 45.6 Å². The second kappa shape index (κ2) is 6.22.